The van der Waals surface area contributed by atoms with Crippen molar-refractivity contribution in [3.8, 4) is 55.9 Å². The Morgan fingerprint density at radius 2 is 0.576 bits per heavy atom. The maximum atomic E-state index is 2.68. The van der Waals surface area contributed by atoms with Gasteiger partial charge in [0.1, 0.15) is 0 Å². The van der Waals surface area contributed by atoms with Crippen molar-refractivity contribution in [1.29, 1.82) is 0 Å². The van der Waals surface area contributed by atoms with E-state index in [-0.39, 0.29) is 17.5 Å². The first-order chi connectivity index (χ1) is 48.4. The summed E-state index contributed by atoms with van der Waals surface area (Å²) in [6.07, 6.45) is 0. The molecule has 0 radical (unpaired) electrons. The number of rotatable bonds is 8. The first kappa shape index (κ1) is 58.4. The normalized spacial score (nSPS) is 12.9. The lowest BCUT2D eigenvalue weighted by atomic mass is 9.33. The van der Waals surface area contributed by atoms with Crippen LogP contribution in [-0.4, -0.2) is 15.8 Å². The van der Waals surface area contributed by atoms with E-state index in [0.29, 0.717) is 0 Å². The lowest BCUT2D eigenvalue weighted by Crippen LogP contribution is -2.61. The fourth-order valence-electron chi connectivity index (χ4n) is 16.8. The van der Waals surface area contributed by atoms with E-state index in [1.807, 2.05) is 0 Å². The first-order valence-electron chi connectivity index (χ1n) is 34.9. The molecule has 0 bridgehead atoms. The average molecular weight is 1270 g/mol. The number of anilines is 6. The molecular weight excluding hydrogens is 1200 g/mol. The number of fused-ring (bicyclic) bond motifs is 12. The lowest BCUT2D eigenvalue weighted by molar-refractivity contribution is 0.590. The average Bonchev–Trinajstić information content (AvgIpc) is 0.898. The summed E-state index contributed by atoms with van der Waals surface area (Å²) in [5.74, 6) is 0. The van der Waals surface area contributed by atoms with Gasteiger partial charge in [0.05, 0.1) is 39.1 Å². The number of para-hydroxylation sites is 4. The van der Waals surface area contributed by atoms with Gasteiger partial charge < -0.3 is 18.9 Å². The van der Waals surface area contributed by atoms with Crippen LogP contribution < -0.4 is 26.2 Å². The zero-order chi connectivity index (χ0) is 66.4. The molecule has 0 aliphatic carbocycles. The zero-order valence-corrected chi connectivity index (χ0v) is 56.5. The largest absolute Gasteiger partial charge is 0.311 e. The van der Waals surface area contributed by atoms with Crippen LogP contribution in [0.5, 0.6) is 0 Å². The number of hydrogen-bond acceptors (Lipinski definition) is 2. The van der Waals surface area contributed by atoms with E-state index in [1.54, 1.807) is 0 Å². The number of nitrogens with zero attached hydrogens (tertiary/aromatic N) is 4. The highest BCUT2D eigenvalue weighted by molar-refractivity contribution is 7.00. The Hall–Kier alpha value is -11.9. The number of benzene rings is 15. The summed E-state index contributed by atoms with van der Waals surface area (Å²) < 4.78 is 5.03. The van der Waals surface area contributed by atoms with E-state index in [2.05, 4.69) is 382 Å². The molecular formula is C94H71BN4. The molecule has 15 aromatic carbocycles. The van der Waals surface area contributed by atoms with Crippen LogP contribution in [0, 0.1) is 0 Å². The molecule has 0 atom stereocenters. The molecule has 4 heterocycles. The fourth-order valence-corrected chi connectivity index (χ4v) is 16.8. The zero-order valence-electron chi connectivity index (χ0n) is 56.5. The molecule has 0 N–H and O–H groups in total. The second kappa shape index (κ2) is 22.3. The fraction of sp³-hybridized carbons (Fsp3) is 0.0851. The van der Waals surface area contributed by atoms with Crippen molar-refractivity contribution < 1.29 is 0 Å². The standard InChI is InChI=1S/C94H71BN4/c1-93(2,3)64-47-52-84(76(55-64)60-28-10-7-11-29-60)98-86-54-63(91-74-40-18-16-38-72(74)90(62-32-14-9-15-33-62)73-39-17-19-41-75(73)91)46-50-78(86)95-79-51-49-66(96-80-42-24-20-34-68(80)69-35-21-25-43-81(69)96)57-87(79)99(85-53-48-65(94(4,5)6)56-77(85)61-30-12-8-13-31-61)89-59-67(58-88(98)92(89)95)97-82-44-26-22-36-70(82)71-37-23-27-45-83(71)97/h7-59H,1-6H3. The minimum atomic E-state index is -0.224. The third-order valence-corrected chi connectivity index (χ3v) is 21.4. The Morgan fingerprint density at radius 1 is 0.242 bits per heavy atom. The van der Waals surface area contributed by atoms with Crippen LogP contribution >= 0.6 is 0 Å². The van der Waals surface area contributed by atoms with E-state index in [9.17, 15) is 0 Å². The van der Waals surface area contributed by atoms with E-state index in [1.165, 1.54) is 109 Å². The van der Waals surface area contributed by atoms with Crippen LogP contribution in [0.15, 0.2) is 322 Å². The van der Waals surface area contributed by atoms with Gasteiger partial charge in [-0.15, -0.1) is 0 Å². The predicted octanol–water partition coefficient (Wildman–Crippen LogP) is 23.5. The summed E-state index contributed by atoms with van der Waals surface area (Å²) in [6, 6.07) is 122. The molecule has 19 rings (SSSR count). The maximum absolute atomic E-state index is 2.68. The molecule has 0 saturated carbocycles. The van der Waals surface area contributed by atoms with E-state index >= 15 is 0 Å². The summed E-state index contributed by atoms with van der Waals surface area (Å²) in [7, 11) is 0. The molecule has 2 aliphatic heterocycles. The number of hydrogen-bond donors (Lipinski definition) is 0. The van der Waals surface area contributed by atoms with Crippen LogP contribution in [0.4, 0.5) is 34.1 Å². The van der Waals surface area contributed by atoms with Gasteiger partial charge >= 0.3 is 0 Å². The van der Waals surface area contributed by atoms with Crippen molar-refractivity contribution >= 4 is 122 Å². The number of aromatic nitrogens is 2. The van der Waals surface area contributed by atoms with Crippen molar-refractivity contribution in [3.63, 3.8) is 0 Å². The molecule has 2 aromatic heterocycles. The van der Waals surface area contributed by atoms with Crippen molar-refractivity contribution in [2.45, 2.75) is 52.4 Å². The van der Waals surface area contributed by atoms with Crippen LogP contribution in [0.2, 0.25) is 0 Å². The van der Waals surface area contributed by atoms with Crippen molar-refractivity contribution in [1.82, 2.24) is 9.13 Å². The quantitative estimate of drug-likeness (QED) is 0.111. The van der Waals surface area contributed by atoms with Gasteiger partial charge in [-0.05, 0) is 172 Å². The van der Waals surface area contributed by atoms with Gasteiger partial charge in [-0.2, -0.15) is 0 Å². The predicted molar refractivity (Wildman–Crippen MR) is 423 cm³/mol. The molecule has 0 fully saturated rings. The summed E-state index contributed by atoms with van der Waals surface area (Å²) in [6.45, 7) is 13.8. The van der Waals surface area contributed by atoms with Crippen molar-refractivity contribution in [2.24, 2.45) is 0 Å². The van der Waals surface area contributed by atoms with Crippen molar-refractivity contribution in [2.75, 3.05) is 9.80 Å². The lowest BCUT2D eigenvalue weighted by Gasteiger charge is -2.45. The summed E-state index contributed by atoms with van der Waals surface area (Å²) >= 11 is 0. The molecule has 99 heavy (non-hydrogen) atoms. The van der Waals surface area contributed by atoms with Gasteiger partial charge in [0.15, 0.2) is 0 Å². The van der Waals surface area contributed by atoms with Gasteiger partial charge in [0.25, 0.3) is 6.71 Å². The van der Waals surface area contributed by atoms with Gasteiger partial charge in [-0.25, -0.2) is 0 Å². The molecule has 0 unspecified atom stereocenters. The summed E-state index contributed by atoms with van der Waals surface area (Å²) in [5.41, 5.74) is 29.1. The van der Waals surface area contributed by atoms with Gasteiger partial charge in [-0.1, -0.05) is 284 Å². The molecule has 470 valence electrons. The Morgan fingerprint density at radius 3 is 0.990 bits per heavy atom. The molecule has 2 aliphatic rings. The molecule has 4 nitrogen and oxygen atoms in total. The van der Waals surface area contributed by atoms with Crippen molar-refractivity contribution in [3.05, 3.63) is 333 Å². The minimum absolute atomic E-state index is 0.128. The van der Waals surface area contributed by atoms with Gasteiger partial charge in [0, 0.05) is 61.1 Å². The Balaban J connectivity index is 0.988. The first-order valence-corrected chi connectivity index (χ1v) is 34.9. The Labute approximate surface area is 578 Å². The highest BCUT2D eigenvalue weighted by Crippen LogP contribution is 2.53. The minimum Gasteiger partial charge on any atom is -0.311 e. The van der Waals surface area contributed by atoms with Gasteiger partial charge in [-0.3, -0.25) is 0 Å². The highest BCUT2D eigenvalue weighted by Gasteiger charge is 2.45. The third kappa shape index (κ3) is 9.14. The second-order valence-corrected chi connectivity index (χ2v) is 29.2. The maximum Gasteiger partial charge on any atom is 0.252 e. The van der Waals surface area contributed by atoms with Crippen LogP contribution in [-0.2, 0) is 10.8 Å². The van der Waals surface area contributed by atoms with Crippen LogP contribution in [0.3, 0.4) is 0 Å². The summed E-state index contributed by atoms with van der Waals surface area (Å²) in [5, 5.41) is 9.79. The van der Waals surface area contributed by atoms with E-state index < -0.39 is 0 Å². The topological polar surface area (TPSA) is 16.3 Å². The second-order valence-electron chi connectivity index (χ2n) is 29.2. The molecule has 0 spiro atoms. The third-order valence-electron chi connectivity index (χ3n) is 21.4. The van der Waals surface area contributed by atoms with E-state index in [4.69, 9.17) is 0 Å². The summed E-state index contributed by atoms with van der Waals surface area (Å²) in [4.78, 5) is 5.35. The molecule has 0 amide bonds. The SMILES string of the molecule is CC(C)(C)c1ccc(N2c3cc(-c4c5ccccc5c(-c5ccccc5)c5ccccc45)ccc3B3c4ccc(-n5c6ccccc6c6ccccc65)cc4N(c4ccc(C(C)(C)C)cc4-c4ccccc4)c4cc(-n5c6ccccc6c6ccccc65)cc2c43)c(-c2ccccc2)c1. The Kier molecular flexibility index (Phi) is 13.2. The monoisotopic (exact) mass is 1270 g/mol. The van der Waals surface area contributed by atoms with Crippen LogP contribution in [0.25, 0.3) is 121 Å². The molecule has 0 saturated heterocycles. The Bertz CT molecular complexity index is 5980. The molecule has 17 aromatic rings. The van der Waals surface area contributed by atoms with E-state index in [0.717, 1.165) is 73.2 Å². The van der Waals surface area contributed by atoms with Gasteiger partial charge in [0.2, 0.25) is 0 Å². The van der Waals surface area contributed by atoms with Crippen LogP contribution in [0.1, 0.15) is 52.7 Å². The molecule has 5 heteroatoms. The highest BCUT2D eigenvalue weighted by atomic mass is 15.2. The smallest absolute Gasteiger partial charge is 0.252 e.